The van der Waals surface area contributed by atoms with Gasteiger partial charge in [0.25, 0.3) is 0 Å². The summed E-state index contributed by atoms with van der Waals surface area (Å²) in [6.45, 7) is 16.7. The second-order valence-electron chi connectivity index (χ2n) is 5.88. The minimum atomic E-state index is -0.528. The van der Waals surface area contributed by atoms with Gasteiger partial charge in [-0.15, -0.1) is 13.2 Å². The van der Waals surface area contributed by atoms with E-state index >= 15 is 0 Å². The number of hydrogen-bond acceptors (Lipinski definition) is 3. The highest BCUT2D eigenvalue weighted by Gasteiger charge is 2.22. The van der Waals surface area contributed by atoms with Gasteiger partial charge in [0.05, 0.1) is 0 Å². The lowest BCUT2D eigenvalue weighted by Crippen LogP contribution is -2.48. The molecule has 0 aromatic heterocycles. The zero-order chi connectivity index (χ0) is 14.3. The molecule has 1 aliphatic heterocycles. The normalized spacial score (nSPS) is 19.6. The summed E-state index contributed by atoms with van der Waals surface area (Å²) in [5.74, 6) is 0. The summed E-state index contributed by atoms with van der Waals surface area (Å²) in [7, 11) is -0.528. The quantitative estimate of drug-likeness (QED) is 0.631. The molecule has 0 N–H and O–H groups in total. The van der Waals surface area contributed by atoms with Gasteiger partial charge >= 0.3 is 0 Å². The van der Waals surface area contributed by atoms with Gasteiger partial charge in [-0.25, -0.2) is 0 Å². The number of nitrogens with zero attached hydrogens (tertiary/aromatic N) is 3. The van der Waals surface area contributed by atoms with Crippen molar-refractivity contribution in [1.29, 1.82) is 0 Å². The summed E-state index contributed by atoms with van der Waals surface area (Å²) in [5.41, 5.74) is 0. The number of rotatable bonds is 8. The van der Waals surface area contributed by atoms with Crippen molar-refractivity contribution in [1.82, 2.24) is 14.1 Å². The SMILES string of the molecule is C=CCN(CC=C)CCN1CCN(S(C)(C)C)CC1. The first-order valence-corrected chi connectivity index (χ1v) is 9.88. The van der Waals surface area contributed by atoms with Crippen LogP contribution in [0.3, 0.4) is 0 Å². The molecule has 0 atom stereocenters. The predicted octanol–water partition coefficient (Wildman–Crippen LogP) is 1.89. The molecule has 1 rings (SSSR count). The molecule has 0 aromatic carbocycles. The molecule has 1 fully saturated rings. The fraction of sp³-hybridized carbons (Fsp3) is 0.733. The van der Waals surface area contributed by atoms with Gasteiger partial charge in [-0.1, -0.05) is 12.2 Å². The van der Waals surface area contributed by atoms with Gasteiger partial charge in [0.2, 0.25) is 0 Å². The maximum absolute atomic E-state index is 3.82. The Morgan fingerprint density at radius 2 is 1.53 bits per heavy atom. The molecule has 112 valence electrons. The molecule has 0 spiro atoms. The Labute approximate surface area is 121 Å². The van der Waals surface area contributed by atoms with Crippen molar-refractivity contribution in [3.8, 4) is 0 Å². The molecule has 0 unspecified atom stereocenters. The van der Waals surface area contributed by atoms with Crippen molar-refractivity contribution >= 4 is 10.2 Å². The largest absolute Gasteiger partial charge is 0.299 e. The molecular weight excluding hydrogens is 254 g/mol. The van der Waals surface area contributed by atoms with Gasteiger partial charge in [0, 0.05) is 52.4 Å². The van der Waals surface area contributed by atoms with E-state index in [4.69, 9.17) is 0 Å². The summed E-state index contributed by atoms with van der Waals surface area (Å²) in [6.07, 6.45) is 11.1. The van der Waals surface area contributed by atoms with E-state index in [0.717, 1.165) is 26.2 Å². The van der Waals surface area contributed by atoms with Crippen LogP contribution < -0.4 is 0 Å². The molecule has 0 aliphatic carbocycles. The molecule has 0 aromatic rings. The molecule has 0 bridgehead atoms. The molecule has 1 heterocycles. The molecule has 19 heavy (non-hydrogen) atoms. The second-order valence-corrected chi connectivity index (χ2v) is 9.94. The zero-order valence-electron chi connectivity index (χ0n) is 13.0. The average molecular weight is 286 g/mol. The minimum Gasteiger partial charge on any atom is -0.299 e. The maximum atomic E-state index is 3.82. The molecule has 0 saturated carbocycles. The van der Waals surface area contributed by atoms with Crippen LogP contribution in [0.5, 0.6) is 0 Å². The highest BCUT2D eigenvalue weighted by molar-refractivity contribution is 8.30. The topological polar surface area (TPSA) is 9.72 Å². The van der Waals surface area contributed by atoms with Crippen LogP contribution in [0.15, 0.2) is 25.3 Å². The van der Waals surface area contributed by atoms with Crippen molar-refractivity contribution in [2.45, 2.75) is 0 Å². The standard InChI is InChI=1S/C15H31N3S/c1-6-8-16(9-7-2)10-11-17-12-14-18(15-13-17)19(3,4)5/h6-7H,1-2,8-15H2,3-5H3. The van der Waals surface area contributed by atoms with Gasteiger partial charge in [-0.3, -0.25) is 14.1 Å². The minimum absolute atomic E-state index is 0.528. The van der Waals surface area contributed by atoms with Crippen LogP contribution in [0.1, 0.15) is 0 Å². The van der Waals surface area contributed by atoms with E-state index < -0.39 is 10.2 Å². The molecule has 1 saturated heterocycles. The van der Waals surface area contributed by atoms with E-state index in [1.54, 1.807) is 0 Å². The van der Waals surface area contributed by atoms with Crippen molar-refractivity contribution in [3.63, 3.8) is 0 Å². The maximum Gasteiger partial charge on any atom is 0.0202 e. The summed E-state index contributed by atoms with van der Waals surface area (Å²) in [5, 5.41) is 0. The molecular formula is C15H31N3S. The van der Waals surface area contributed by atoms with Gasteiger partial charge in [-0.2, -0.15) is 10.2 Å². The smallest absolute Gasteiger partial charge is 0.0202 e. The first-order chi connectivity index (χ1) is 8.97. The third-order valence-corrected chi connectivity index (χ3v) is 5.53. The molecule has 4 heteroatoms. The van der Waals surface area contributed by atoms with Crippen LogP contribution in [-0.2, 0) is 0 Å². The number of piperazine rings is 1. The Kier molecular flexibility index (Phi) is 7.15. The first-order valence-electron chi connectivity index (χ1n) is 7.07. The van der Waals surface area contributed by atoms with Crippen LogP contribution in [0.25, 0.3) is 0 Å². The van der Waals surface area contributed by atoms with Gasteiger partial charge < -0.3 is 0 Å². The van der Waals surface area contributed by atoms with Crippen LogP contribution in [0.2, 0.25) is 0 Å². The predicted molar refractivity (Wildman–Crippen MR) is 90.2 cm³/mol. The Balaban J connectivity index is 2.28. The highest BCUT2D eigenvalue weighted by Crippen LogP contribution is 2.39. The van der Waals surface area contributed by atoms with Crippen molar-refractivity contribution in [3.05, 3.63) is 25.3 Å². The lowest BCUT2D eigenvalue weighted by Gasteiger charge is -2.45. The summed E-state index contributed by atoms with van der Waals surface area (Å²) >= 11 is 0. The van der Waals surface area contributed by atoms with E-state index in [9.17, 15) is 0 Å². The molecule has 0 radical (unpaired) electrons. The van der Waals surface area contributed by atoms with E-state index in [0.29, 0.717) is 0 Å². The van der Waals surface area contributed by atoms with Crippen LogP contribution in [0.4, 0.5) is 0 Å². The van der Waals surface area contributed by atoms with Crippen molar-refractivity contribution < 1.29 is 0 Å². The zero-order valence-corrected chi connectivity index (χ0v) is 13.8. The van der Waals surface area contributed by atoms with E-state index in [-0.39, 0.29) is 0 Å². The fourth-order valence-electron chi connectivity index (χ4n) is 2.41. The summed E-state index contributed by atoms with van der Waals surface area (Å²) in [4.78, 5) is 4.97. The van der Waals surface area contributed by atoms with Crippen molar-refractivity contribution in [2.75, 3.05) is 71.1 Å². The Hall–Kier alpha value is -0.290. The third-order valence-electron chi connectivity index (χ3n) is 3.61. The molecule has 1 aliphatic rings. The number of hydrogen-bond donors (Lipinski definition) is 0. The van der Waals surface area contributed by atoms with E-state index in [2.05, 4.69) is 46.0 Å². The first kappa shape index (κ1) is 16.8. The van der Waals surface area contributed by atoms with Crippen molar-refractivity contribution in [2.24, 2.45) is 0 Å². The summed E-state index contributed by atoms with van der Waals surface area (Å²) < 4.78 is 2.66. The Bertz CT molecular complexity index is 268. The van der Waals surface area contributed by atoms with Gasteiger partial charge in [0.1, 0.15) is 0 Å². The fourth-order valence-corrected chi connectivity index (χ4v) is 3.66. The monoisotopic (exact) mass is 285 g/mol. The lowest BCUT2D eigenvalue weighted by molar-refractivity contribution is 0.172. The third kappa shape index (κ3) is 6.13. The Morgan fingerprint density at radius 3 is 1.95 bits per heavy atom. The molecule has 3 nitrogen and oxygen atoms in total. The average Bonchev–Trinajstić information content (AvgIpc) is 2.36. The van der Waals surface area contributed by atoms with Gasteiger partial charge in [0.15, 0.2) is 0 Å². The highest BCUT2D eigenvalue weighted by atomic mass is 32.3. The van der Waals surface area contributed by atoms with Crippen LogP contribution in [0, 0.1) is 0 Å². The van der Waals surface area contributed by atoms with E-state index in [1.807, 2.05) is 12.2 Å². The summed E-state index contributed by atoms with van der Waals surface area (Å²) in [6, 6.07) is 0. The lowest BCUT2D eigenvalue weighted by atomic mass is 10.3. The second kappa shape index (κ2) is 8.10. The Morgan fingerprint density at radius 1 is 1.00 bits per heavy atom. The van der Waals surface area contributed by atoms with E-state index in [1.165, 1.54) is 26.2 Å². The van der Waals surface area contributed by atoms with Crippen LogP contribution >= 0.6 is 10.2 Å². The molecule has 0 amide bonds. The van der Waals surface area contributed by atoms with Gasteiger partial charge in [-0.05, 0) is 18.8 Å². The van der Waals surface area contributed by atoms with Crippen LogP contribution in [-0.4, -0.2) is 85.2 Å².